The van der Waals surface area contributed by atoms with Crippen molar-refractivity contribution < 1.29 is 0 Å². The van der Waals surface area contributed by atoms with Crippen molar-refractivity contribution >= 4 is 0 Å². The molecule has 2 bridgehead atoms. The number of hydrogen-bond donors (Lipinski definition) is 1. The van der Waals surface area contributed by atoms with Gasteiger partial charge in [0.15, 0.2) is 0 Å². The van der Waals surface area contributed by atoms with E-state index in [1.54, 1.807) is 0 Å². The molecule has 0 aromatic carbocycles. The van der Waals surface area contributed by atoms with Crippen LogP contribution in [-0.4, -0.2) is 35.6 Å². The minimum Gasteiger partial charge on any atom is -0.313 e. The van der Waals surface area contributed by atoms with Gasteiger partial charge >= 0.3 is 0 Å². The van der Waals surface area contributed by atoms with Crippen LogP contribution >= 0.6 is 0 Å². The van der Waals surface area contributed by atoms with Gasteiger partial charge in [0.2, 0.25) is 0 Å². The van der Waals surface area contributed by atoms with Crippen LogP contribution < -0.4 is 5.32 Å². The predicted octanol–water partition coefficient (Wildman–Crippen LogP) is 1.75. The summed E-state index contributed by atoms with van der Waals surface area (Å²) in [6.07, 6.45) is 8.78. The zero-order valence-corrected chi connectivity index (χ0v) is 9.21. The van der Waals surface area contributed by atoms with E-state index in [9.17, 15) is 0 Å². The normalized spacial score (nSPS) is 48.6. The molecular formula is C12H22N2. The molecule has 3 rings (SSSR count). The lowest BCUT2D eigenvalue weighted by atomic mass is 9.99. The molecule has 2 heteroatoms. The summed E-state index contributed by atoms with van der Waals surface area (Å²) in [6, 6.07) is 3.51. The lowest BCUT2D eigenvalue weighted by Crippen LogP contribution is -2.47. The second-order valence-electron chi connectivity index (χ2n) is 5.46. The molecule has 4 atom stereocenters. The highest BCUT2D eigenvalue weighted by Crippen LogP contribution is 2.38. The number of rotatable bonds is 1. The number of hydrogen-bond acceptors (Lipinski definition) is 2. The first-order valence-corrected chi connectivity index (χ1v) is 6.35. The van der Waals surface area contributed by atoms with Crippen molar-refractivity contribution in [3.63, 3.8) is 0 Å². The quantitative estimate of drug-likeness (QED) is 0.684. The van der Waals surface area contributed by atoms with E-state index >= 15 is 0 Å². The minimum atomic E-state index is 0.751. The van der Waals surface area contributed by atoms with Crippen molar-refractivity contribution in [3.8, 4) is 0 Å². The summed E-state index contributed by atoms with van der Waals surface area (Å²) in [5.41, 5.74) is 0. The molecule has 0 amide bonds. The van der Waals surface area contributed by atoms with E-state index in [0.29, 0.717) is 0 Å². The molecule has 2 nitrogen and oxygen atoms in total. The summed E-state index contributed by atoms with van der Waals surface area (Å²) in [5, 5.41) is 3.59. The molecule has 14 heavy (non-hydrogen) atoms. The van der Waals surface area contributed by atoms with Crippen molar-refractivity contribution in [1.29, 1.82) is 0 Å². The van der Waals surface area contributed by atoms with Crippen LogP contribution in [0.1, 0.15) is 45.4 Å². The number of nitrogens with one attached hydrogen (secondary N) is 1. The predicted molar refractivity (Wildman–Crippen MR) is 58.4 cm³/mol. The van der Waals surface area contributed by atoms with Crippen molar-refractivity contribution in [2.45, 2.75) is 69.6 Å². The van der Waals surface area contributed by atoms with Gasteiger partial charge in [-0.05, 0) is 39.0 Å². The molecule has 3 fully saturated rings. The molecule has 3 aliphatic rings. The summed E-state index contributed by atoms with van der Waals surface area (Å²) in [5.74, 6) is 0. The first kappa shape index (κ1) is 9.17. The SMILES string of the molecule is CC1CC(N2C3CCCC2CC3)CN1. The fraction of sp³-hybridized carbons (Fsp3) is 1.00. The standard InChI is InChI=1S/C12H22N2/c1-9-7-12(8-13-9)14-10-3-2-4-11(14)6-5-10/h9-13H,2-8H2,1H3. The van der Waals surface area contributed by atoms with E-state index in [0.717, 1.165) is 24.2 Å². The Labute approximate surface area is 87.0 Å². The van der Waals surface area contributed by atoms with Crippen LogP contribution in [0.25, 0.3) is 0 Å². The zero-order chi connectivity index (χ0) is 9.54. The van der Waals surface area contributed by atoms with Crippen LogP contribution in [0.2, 0.25) is 0 Å². The van der Waals surface area contributed by atoms with Gasteiger partial charge in [0.1, 0.15) is 0 Å². The molecule has 3 aliphatic heterocycles. The lowest BCUT2D eigenvalue weighted by Gasteiger charge is -2.39. The number of nitrogens with zero attached hydrogens (tertiary/aromatic N) is 1. The molecule has 0 saturated carbocycles. The van der Waals surface area contributed by atoms with Gasteiger partial charge in [0.25, 0.3) is 0 Å². The van der Waals surface area contributed by atoms with Crippen LogP contribution in [0.4, 0.5) is 0 Å². The van der Waals surface area contributed by atoms with Crippen LogP contribution in [0.5, 0.6) is 0 Å². The number of fused-ring (bicyclic) bond motifs is 2. The Bertz CT molecular complexity index is 200. The fourth-order valence-corrected chi connectivity index (χ4v) is 3.89. The molecule has 3 heterocycles. The maximum absolute atomic E-state index is 3.59. The minimum absolute atomic E-state index is 0.751. The lowest BCUT2D eigenvalue weighted by molar-refractivity contribution is 0.0946. The fourth-order valence-electron chi connectivity index (χ4n) is 3.89. The van der Waals surface area contributed by atoms with Crippen LogP contribution in [-0.2, 0) is 0 Å². The smallest absolute Gasteiger partial charge is 0.0241 e. The van der Waals surface area contributed by atoms with Gasteiger partial charge in [-0.1, -0.05) is 6.42 Å². The third-order valence-corrected chi connectivity index (χ3v) is 4.50. The average Bonchev–Trinajstić information content (AvgIpc) is 2.68. The monoisotopic (exact) mass is 194 g/mol. The summed E-state index contributed by atoms with van der Waals surface area (Å²) in [6.45, 7) is 3.57. The highest BCUT2D eigenvalue weighted by atomic mass is 15.3. The van der Waals surface area contributed by atoms with Crippen molar-refractivity contribution in [2.24, 2.45) is 0 Å². The second kappa shape index (κ2) is 3.49. The molecule has 0 radical (unpaired) electrons. The van der Waals surface area contributed by atoms with Crippen molar-refractivity contribution in [2.75, 3.05) is 6.54 Å². The van der Waals surface area contributed by atoms with Gasteiger partial charge in [-0.15, -0.1) is 0 Å². The van der Waals surface area contributed by atoms with Gasteiger partial charge in [-0.2, -0.15) is 0 Å². The third-order valence-electron chi connectivity index (χ3n) is 4.50. The Hall–Kier alpha value is -0.0800. The van der Waals surface area contributed by atoms with Crippen LogP contribution in [0.15, 0.2) is 0 Å². The van der Waals surface area contributed by atoms with Gasteiger partial charge in [0, 0.05) is 30.7 Å². The summed E-state index contributed by atoms with van der Waals surface area (Å²) in [4.78, 5) is 2.88. The van der Waals surface area contributed by atoms with Gasteiger partial charge in [-0.25, -0.2) is 0 Å². The largest absolute Gasteiger partial charge is 0.313 e. The number of piperidine rings is 1. The maximum atomic E-state index is 3.59. The maximum Gasteiger partial charge on any atom is 0.0241 e. The van der Waals surface area contributed by atoms with E-state index in [2.05, 4.69) is 17.1 Å². The second-order valence-corrected chi connectivity index (χ2v) is 5.46. The Morgan fingerprint density at radius 2 is 1.71 bits per heavy atom. The summed E-state index contributed by atoms with van der Waals surface area (Å²) >= 11 is 0. The van der Waals surface area contributed by atoms with Crippen molar-refractivity contribution in [1.82, 2.24) is 10.2 Å². The van der Waals surface area contributed by atoms with Crippen molar-refractivity contribution in [3.05, 3.63) is 0 Å². The Morgan fingerprint density at radius 1 is 1.00 bits per heavy atom. The van der Waals surface area contributed by atoms with Gasteiger partial charge < -0.3 is 5.32 Å². The topological polar surface area (TPSA) is 15.3 Å². The molecular weight excluding hydrogens is 172 g/mol. The molecule has 0 spiro atoms. The third kappa shape index (κ3) is 1.40. The molecule has 3 saturated heterocycles. The molecule has 0 aromatic rings. The zero-order valence-electron chi connectivity index (χ0n) is 9.21. The van der Waals surface area contributed by atoms with E-state index in [1.807, 2.05) is 0 Å². The van der Waals surface area contributed by atoms with E-state index in [1.165, 1.54) is 45.1 Å². The molecule has 1 N–H and O–H groups in total. The Morgan fingerprint density at radius 3 is 2.29 bits per heavy atom. The average molecular weight is 194 g/mol. The Balaban J connectivity index is 1.72. The van der Waals surface area contributed by atoms with Crippen LogP contribution in [0, 0.1) is 0 Å². The molecule has 4 unspecified atom stereocenters. The van der Waals surface area contributed by atoms with E-state index in [-0.39, 0.29) is 0 Å². The molecule has 0 aromatic heterocycles. The van der Waals surface area contributed by atoms with Crippen LogP contribution in [0.3, 0.4) is 0 Å². The first-order valence-electron chi connectivity index (χ1n) is 6.35. The summed E-state index contributed by atoms with van der Waals surface area (Å²) in [7, 11) is 0. The van der Waals surface area contributed by atoms with E-state index < -0.39 is 0 Å². The van der Waals surface area contributed by atoms with Gasteiger partial charge in [-0.3, -0.25) is 4.90 Å². The Kier molecular flexibility index (Phi) is 2.29. The van der Waals surface area contributed by atoms with E-state index in [4.69, 9.17) is 0 Å². The first-order chi connectivity index (χ1) is 6.84. The molecule has 80 valence electrons. The highest BCUT2D eigenvalue weighted by molar-refractivity contribution is 4.98. The highest BCUT2D eigenvalue weighted by Gasteiger charge is 2.41. The van der Waals surface area contributed by atoms with Gasteiger partial charge in [0.05, 0.1) is 0 Å². The summed E-state index contributed by atoms with van der Waals surface area (Å²) < 4.78 is 0. The molecule has 0 aliphatic carbocycles.